The van der Waals surface area contributed by atoms with Crippen LogP contribution in [-0.4, -0.2) is 24.0 Å². The number of nitrogens with one attached hydrogen (secondary N) is 1. The molecule has 2 atom stereocenters. The summed E-state index contributed by atoms with van der Waals surface area (Å²) in [5.41, 5.74) is 1.10. The van der Waals surface area contributed by atoms with Gasteiger partial charge in [0.15, 0.2) is 6.10 Å². The molecule has 1 fully saturated rings. The van der Waals surface area contributed by atoms with E-state index >= 15 is 0 Å². The summed E-state index contributed by atoms with van der Waals surface area (Å²) in [5.74, 6) is -0.529. The molecule has 27 heavy (non-hydrogen) atoms. The van der Waals surface area contributed by atoms with Crippen molar-refractivity contribution >= 4 is 11.9 Å². The Labute approximate surface area is 157 Å². The Kier molecular flexibility index (Phi) is 5.72. The Hall–Kier alpha value is -3.33. The second kappa shape index (κ2) is 8.37. The highest BCUT2D eigenvalue weighted by Crippen LogP contribution is 2.24. The fraction of sp³-hybridized carbons (Fsp3) is 0.286. The van der Waals surface area contributed by atoms with E-state index in [1.165, 1.54) is 0 Å². The molecule has 6 nitrogen and oxygen atoms in total. The van der Waals surface area contributed by atoms with Gasteiger partial charge in [-0.2, -0.15) is 5.26 Å². The highest BCUT2D eigenvalue weighted by Gasteiger charge is 2.32. The van der Waals surface area contributed by atoms with Gasteiger partial charge < -0.3 is 14.8 Å². The van der Waals surface area contributed by atoms with Crippen LogP contribution in [0.2, 0.25) is 0 Å². The number of benzene rings is 2. The fourth-order valence-electron chi connectivity index (χ4n) is 2.48. The summed E-state index contributed by atoms with van der Waals surface area (Å²) < 4.78 is 11.0. The number of esters is 1. The Balaban J connectivity index is 1.67. The van der Waals surface area contributed by atoms with Crippen LogP contribution in [0.5, 0.6) is 5.75 Å². The zero-order valence-electron chi connectivity index (χ0n) is 14.9. The first-order chi connectivity index (χ1) is 13.1. The average molecular weight is 364 g/mol. The molecular formula is C21H20N2O4. The van der Waals surface area contributed by atoms with E-state index in [1.807, 2.05) is 12.1 Å². The summed E-state index contributed by atoms with van der Waals surface area (Å²) in [4.78, 5) is 25.0. The van der Waals surface area contributed by atoms with Crippen molar-refractivity contribution in [2.45, 2.75) is 38.0 Å². The number of amides is 1. The zero-order chi connectivity index (χ0) is 19.2. The van der Waals surface area contributed by atoms with Gasteiger partial charge in [-0.25, -0.2) is 4.79 Å². The Morgan fingerprint density at radius 1 is 1.11 bits per heavy atom. The SMILES string of the molecule is CC(Oc1ccc(C#N)cc1)C(=O)OC(C(=O)NC1CC1)c1ccccc1. The van der Waals surface area contributed by atoms with Gasteiger partial charge in [-0.1, -0.05) is 30.3 Å². The highest BCUT2D eigenvalue weighted by molar-refractivity contribution is 5.86. The molecule has 1 amide bonds. The summed E-state index contributed by atoms with van der Waals surface area (Å²) in [5, 5.41) is 11.7. The van der Waals surface area contributed by atoms with Crippen LogP contribution in [0.1, 0.15) is 37.0 Å². The molecule has 3 rings (SSSR count). The maximum absolute atomic E-state index is 12.5. The predicted octanol–water partition coefficient (Wildman–Crippen LogP) is 2.89. The molecule has 0 aliphatic heterocycles. The van der Waals surface area contributed by atoms with Crippen LogP contribution in [0.3, 0.4) is 0 Å². The Morgan fingerprint density at radius 2 is 1.78 bits per heavy atom. The van der Waals surface area contributed by atoms with Crippen LogP contribution in [0.25, 0.3) is 0 Å². The van der Waals surface area contributed by atoms with E-state index in [0.717, 1.165) is 12.8 Å². The lowest BCUT2D eigenvalue weighted by molar-refractivity contribution is -0.162. The van der Waals surface area contributed by atoms with E-state index in [4.69, 9.17) is 14.7 Å². The lowest BCUT2D eigenvalue weighted by atomic mass is 10.1. The fourth-order valence-corrected chi connectivity index (χ4v) is 2.48. The molecule has 0 bridgehead atoms. The van der Waals surface area contributed by atoms with Crippen molar-refractivity contribution in [2.75, 3.05) is 0 Å². The molecule has 0 saturated heterocycles. The van der Waals surface area contributed by atoms with Crippen LogP contribution in [-0.2, 0) is 14.3 Å². The topological polar surface area (TPSA) is 88.4 Å². The lowest BCUT2D eigenvalue weighted by Crippen LogP contribution is -2.36. The van der Waals surface area contributed by atoms with Gasteiger partial charge in [-0.3, -0.25) is 4.79 Å². The van der Waals surface area contributed by atoms with Crippen LogP contribution in [0.15, 0.2) is 54.6 Å². The minimum atomic E-state index is -1.02. The normalized spacial score (nSPS) is 15.1. The molecule has 2 unspecified atom stereocenters. The summed E-state index contributed by atoms with van der Waals surface area (Å²) in [6.07, 6.45) is -0.0390. The summed E-state index contributed by atoms with van der Waals surface area (Å²) in [6.45, 7) is 1.56. The third kappa shape index (κ3) is 5.08. The largest absolute Gasteiger partial charge is 0.479 e. The molecule has 0 radical (unpaired) electrons. The molecule has 1 N–H and O–H groups in total. The molecule has 138 valence electrons. The monoisotopic (exact) mass is 364 g/mol. The quantitative estimate of drug-likeness (QED) is 0.763. The second-order valence-corrected chi connectivity index (χ2v) is 6.41. The van der Waals surface area contributed by atoms with E-state index in [1.54, 1.807) is 55.5 Å². The maximum Gasteiger partial charge on any atom is 0.348 e. The van der Waals surface area contributed by atoms with Crippen molar-refractivity contribution in [3.8, 4) is 11.8 Å². The minimum absolute atomic E-state index is 0.162. The van der Waals surface area contributed by atoms with Crippen LogP contribution in [0.4, 0.5) is 0 Å². The molecule has 0 heterocycles. The van der Waals surface area contributed by atoms with Crippen molar-refractivity contribution in [3.05, 3.63) is 65.7 Å². The molecule has 1 aliphatic carbocycles. The number of carbonyl (C=O) groups excluding carboxylic acids is 2. The van der Waals surface area contributed by atoms with Crippen LogP contribution < -0.4 is 10.1 Å². The smallest absolute Gasteiger partial charge is 0.348 e. The predicted molar refractivity (Wildman–Crippen MR) is 97.7 cm³/mol. The van der Waals surface area contributed by atoms with Gasteiger partial charge >= 0.3 is 5.97 Å². The Morgan fingerprint density at radius 3 is 2.37 bits per heavy atom. The molecule has 6 heteroatoms. The van der Waals surface area contributed by atoms with Gasteiger partial charge in [0.1, 0.15) is 5.75 Å². The molecule has 2 aromatic carbocycles. The first-order valence-electron chi connectivity index (χ1n) is 8.79. The van der Waals surface area contributed by atoms with Crippen molar-refractivity contribution in [3.63, 3.8) is 0 Å². The third-order valence-electron chi connectivity index (χ3n) is 4.13. The minimum Gasteiger partial charge on any atom is -0.479 e. The molecular weight excluding hydrogens is 344 g/mol. The number of hydrogen-bond donors (Lipinski definition) is 1. The van der Waals surface area contributed by atoms with Crippen LogP contribution in [0, 0.1) is 11.3 Å². The van der Waals surface area contributed by atoms with E-state index < -0.39 is 18.2 Å². The van der Waals surface area contributed by atoms with Gasteiger partial charge in [0.05, 0.1) is 11.6 Å². The average Bonchev–Trinajstić information content (AvgIpc) is 3.51. The van der Waals surface area contributed by atoms with E-state index in [2.05, 4.69) is 5.32 Å². The van der Waals surface area contributed by atoms with Gasteiger partial charge in [0.2, 0.25) is 6.10 Å². The van der Waals surface area contributed by atoms with E-state index in [0.29, 0.717) is 16.9 Å². The standard InChI is InChI=1S/C21H20N2O4/c1-14(26-18-11-7-15(13-22)8-12-18)21(25)27-19(16-5-3-2-4-6-16)20(24)23-17-9-10-17/h2-8,11-12,14,17,19H,9-10H2,1H3,(H,23,24). The summed E-state index contributed by atoms with van der Waals surface area (Å²) in [6, 6.07) is 17.5. The number of nitrogens with zero attached hydrogens (tertiary/aromatic N) is 1. The molecule has 1 saturated carbocycles. The van der Waals surface area contributed by atoms with Crippen LogP contribution >= 0.6 is 0 Å². The third-order valence-corrected chi connectivity index (χ3v) is 4.13. The molecule has 0 spiro atoms. The number of ether oxygens (including phenoxy) is 2. The van der Waals surface area contributed by atoms with Crippen molar-refractivity contribution in [2.24, 2.45) is 0 Å². The highest BCUT2D eigenvalue weighted by atomic mass is 16.6. The Bertz CT molecular complexity index is 839. The molecule has 1 aliphatic rings. The summed E-state index contributed by atoms with van der Waals surface area (Å²) >= 11 is 0. The molecule has 2 aromatic rings. The van der Waals surface area contributed by atoms with Gasteiger partial charge in [-0.05, 0) is 44.0 Å². The second-order valence-electron chi connectivity index (χ2n) is 6.41. The van der Waals surface area contributed by atoms with E-state index in [-0.39, 0.29) is 11.9 Å². The maximum atomic E-state index is 12.5. The van der Waals surface area contributed by atoms with Crippen molar-refractivity contribution in [1.82, 2.24) is 5.32 Å². The number of nitriles is 1. The zero-order valence-corrected chi connectivity index (χ0v) is 14.9. The van der Waals surface area contributed by atoms with Crippen molar-refractivity contribution < 1.29 is 19.1 Å². The van der Waals surface area contributed by atoms with Gasteiger partial charge in [-0.15, -0.1) is 0 Å². The van der Waals surface area contributed by atoms with Crippen molar-refractivity contribution in [1.29, 1.82) is 5.26 Å². The van der Waals surface area contributed by atoms with E-state index in [9.17, 15) is 9.59 Å². The molecule has 0 aromatic heterocycles. The summed E-state index contributed by atoms with van der Waals surface area (Å²) in [7, 11) is 0. The number of rotatable bonds is 7. The first kappa shape index (κ1) is 18.5. The van der Waals surface area contributed by atoms with Gasteiger partial charge in [0, 0.05) is 11.6 Å². The first-order valence-corrected chi connectivity index (χ1v) is 8.79. The van der Waals surface area contributed by atoms with Gasteiger partial charge in [0.25, 0.3) is 5.91 Å². The number of hydrogen-bond acceptors (Lipinski definition) is 5. The number of carbonyl (C=O) groups is 2. The lowest BCUT2D eigenvalue weighted by Gasteiger charge is -2.20.